The van der Waals surface area contributed by atoms with Gasteiger partial charge < -0.3 is 10.1 Å². The van der Waals surface area contributed by atoms with Gasteiger partial charge in [-0.15, -0.1) is 0 Å². The number of hydrogen-bond acceptors (Lipinski definition) is 5. The number of benzene rings is 1. The molecule has 1 heterocycles. The second-order valence-electron chi connectivity index (χ2n) is 4.21. The molecule has 0 aliphatic heterocycles. The molecule has 0 radical (unpaired) electrons. The maximum absolute atomic E-state index is 6.12. The zero-order chi connectivity index (χ0) is 14.7. The van der Waals surface area contributed by atoms with Crippen molar-refractivity contribution >= 4 is 29.2 Å². The van der Waals surface area contributed by atoms with Crippen LogP contribution in [0.2, 0.25) is 10.3 Å². The molecule has 0 bridgehead atoms. The first-order chi connectivity index (χ1) is 9.49. The molecule has 0 amide bonds. The van der Waals surface area contributed by atoms with Crippen molar-refractivity contribution in [3.63, 3.8) is 0 Å². The zero-order valence-electron chi connectivity index (χ0n) is 11.4. The van der Waals surface area contributed by atoms with Crippen molar-refractivity contribution in [1.29, 1.82) is 0 Å². The SMILES string of the molecule is CCNc1nc(Cl)nc(Oc2cc(C)c(Cl)c(C)c2)n1. The highest BCUT2D eigenvalue weighted by Gasteiger charge is 2.09. The molecular weight excluding hydrogens is 299 g/mol. The van der Waals surface area contributed by atoms with Crippen LogP contribution in [0.4, 0.5) is 5.95 Å². The quantitative estimate of drug-likeness (QED) is 0.924. The molecule has 0 fully saturated rings. The number of nitrogens with one attached hydrogen (secondary N) is 1. The van der Waals surface area contributed by atoms with Crippen LogP contribution in [0.5, 0.6) is 11.8 Å². The smallest absolute Gasteiger partial charge is 0.328 e. The molecule has 0 unspecified atom stereocenters. The molecule has 0 saturated heterocycles. The average Bonchev–Trinajstić information content (AvgIpc) is 2.35. The molecule has 0 saturated carbocycles. The van der Waals surface area contributed by atoms with Gasteiger partial charge in [0.05, 0.1) is 0 Å². The predicted octanol–water partition coefficient (Wildman–Crippen LogP) is 4.02. The van der Waals surface area contributed by atoms with Gasteiger partial charge in [0, 0.05) is 11.6 Å². The third-order valence-electron chi connectivity index (χ3n) is 2.54. The standard InChI is InChI=1S/C13H14Cl2N4O/c1-4-16-12-17-11(15)18-13(19-12)20-9-5-7(2)10(14)8(3)6-9/h5-6H,4H2,1-3H3,(H,16,17,18,19). The van der Waals surface area contributed by atoms with E-state index in [0.29, 0.717) is 18.2 Å². The Balaban J connectivity index is 2.30. The fourth-order valence-electron chi connectivity index (χ4n) is 1.69. The first-order valence-corrected chi connectivity index (χ1v) is 6.85. The Morgan fingerprint density at radius 1 is 1.10 bits per heavy atom. The Hall–Kier alpha value is -1.59. The lowest BCUT2D eigenvalue weighted by atomic mass is 10.1. The summed E-state index contributed by atoms with van der Waals surface area (Å²) in [7, 11) is 0. The van der Waals surface area contributed by atoms with Crippen molar-refractivity contribution in [3.8, 4) is 11.8 Å². The number of nitrogens with zero attached hydrogens (tertiary/aromatic N) is 3. The van der Waals surface area contributed by atoms with Gasteiger partial charge in [0.1, 0.15) is 5.75 Å². The van der Waals surface area contributed by atoms with E-state index in [2.05, 4.69) is 20.3 Å². The highest BCUT2D eigenvalue weighted by molar-refractivity contribution is 6.32. The van der Waals surface area contributed by atoms with E-state index in [1.54, 1.807) is 0 Å². The van der Waals surface area contributed by atoms with E-state index in [1.807, 2.05) is 32.9 Å². The molecule has 5 nitrogen and oxygen atoms in total. The molecule has 0 atom stereocenters. The second kappa shape index (κ2) is 6.24. The Bertz CT molecular complexity index is 611. The fraction of sp³-hybridized carbons (Fsp3) is 0.308. The molecular formula is C13H14Cl2N4O. The van der Waals surface area contributed by atoms with Gasteiger partial charge in [-0.3, -0.25) is 0 Å². The van der Waals surface area contributed by atoms with Crippen LogP contribution >= 0.6 is 23.2 Å². The van der Waals surface area contributed by atoms with Gasteiger partial charge in [-0.2, -0.15) is 15.0 Å². The number of ether oxygens (including phenoxy) is 1. The summed E-state index contributed by atoms with van der Waals surface area (Å²) in [5.41, 5.74) is 1.85. The number of aromatic nitrogens is 3. The second-order valence-corrected chi connectivity index (χ2v) is 4.93. The lowest BCUT2D eigenvalue weighted by molar-refractivity contribution is 0.440. The minimum atomic E-state index is 0.0772. The zero-order valence-corrected chi connectivity index (χ0v) is 12.9. The van der Waals surface area contributed by atoms with Crippen molar-refractivity contribution in [2.24, 2.45) is 0 Å². The minimum Gasteiger partial charge on any atom is -0.424 e. The number of halogens is 2. The van der Waals surface area contributed by atoms with E-state index in [1.165, 1.54) is 0 Å². The monoisotopic (exact) mass is 312 g/mol. The molecule has 0 spiro atoms. The van der Waals surface area contributed by atoms with E-state index in [4.69, 9.17) is 27.9 Å². The Kier molecular flexibility index (Phi) is 4.62. The summed E-state index contributed by atoms with van der Waals surface area (Å²) in [6.45, 7) is 6.43. The van der Waals surface area contributed by atoms with Crippen molar-refractivity contribution in [2.45, 2.75) is 20.8 Å². The highest BCUT2D eigenvalue weighted by atomic mass is 35.5. The summed E-state index contributed by atoms with van der Waals surface area (Å²) in [5, 5.41) is 3.76. The van der Waals surface area contributed by atoms with E-state index in [0.717, 1.165) is 16.1 Å². The van der Waals surface area contributed by atoms with Gasteiger partial charge in [0.2, 0.25) is 11.2 Å². The van der Waals surface area contributed by atoms with Crippen LogP contribution in [0.3, 0.4) is 0 Å². The number of anilines is 1. The van der Waals surface area contributed by atoms with Gasteiger partial charge in [0.25, 0.3) is 0 Å². The molecule has 2 rings (SSSR count). The van der Waals surface area contributed by atoms with Gasteiger partial charge in [0.15, 0.2) is 0 Å². The predicted molar refractivity (Wildman–Crippen MR) is 80.0 cm³/mol. The van der Waals surface area contributed by atoms with Crippen molar-refractivity contribution in [3.05, 3.63) is 33.6 Å². The fourth-order valence-corrected chi connectivity index (χ4v) is 1.95. The van der Waals surface area contributed by atoms with Crippen molar-refractivity contribution < 1.29 is 4.74 Å². The van der Waals surface area contributed by atoms with Crippen LogP contribution < -0.4 is 10.1 Å². The molecule has 106 valence electrons. The van der Waals surface area contributed by atoms with Crippen LogP contribution in [0, 0.1) is 13.8 Å². The lowest BCUT2D eigenvalue weighted by Gasteiger charge is -2.09. The van der Waals surface area contributed by atoms with Crippen molar-refractivity contribution in [2.75, 3.05) is 11.9 Å². The summed E-state index contributed by atoms with van der Waals surface area (Å²) < 4.78 is 5.62. The van der Waals surface area contributed by atoms with Crippen LogP contribution in [0.15, 0.2) is 12.1 Å². The van der Waals surface area contributed by atoms with E-state index >= 15 is 0 Å². The largest absolute Gasteiger partial charge is 0.424 e. The van der Waals surface area contributed by atoms with Crippen molar-refractivity contribution in [1.82, 2.24) is 15.0 Å². The van der Waals surface area contributed by atoms with Gasteiger partial charge >= 0.3 is 6.01 Å². The molecule has 1 N–H and O–H groups in total. The van der Waals surface area contributed by atoms with Crippen LogP contribution in [-0.4, -0.2) is 21.5 Å². The molecule has 1 aromatic heterocycles. The average molecular weight is 313 g/mol. The summed E-state index contributed by atoms with van der Waals surface area (Å²) in [6, 6.07) is 3.78. The third kappa shape index (κ3) is 3.49. The first-order valence-electron chi connectivity index (χ1n) is 6.09. The third-order valence-corrected chi connectivity index (χ3v) is 3.31. The molecule has 7 heteroatoms. The normalized spacial score (nSPS) is 10.4. The summed E-state index contributed by atoms with van der Waals surface area (Å²) >= 11 is 12.0. The first kappa shape index (κ1) is 14.8. The Morgan fingerprint density at radius 3 is 2.35 bits per heavy atom. The number of aryl methyl sites for hydroxylation is 2. The van der Waals surface area contributed by atoms with Crippen LogP contribution in [0.25, 0.3) is 0 Å². The summed E-state index contributed by atoms with van der Waals surface area (Å²) in [4.78, 5) is 12.0. The topological polar surface area (TPSA) is 59.9 Å². The van der Waals surface area contributed by atoms with E-state index < -0.39 is 0 Å². The minimum absolute atomic E-state index is 0.0772. The molecule has 0 aliphatic rings. The van der Waals surface area contributed by atoms with Gasteiger partial charge in [-0.1, -0.05) is 11.6 Å². The van der Waals surface area contributed by atoms with Crippen LogP contribution in [0.1, 0.15) is 18.1 Å². The van der Waals surface area contributed by atoms with E-state index in [9.17, 15) is 0 Å². The Labute approximate surface area is 127 Å². The summed E-state index contributed by atoms with van der Waals surface area (Å²) in [5.74, 6) is 0.985. The highest BCUT2D eigenvalue weighted by Crippen LogP contribution is 2.28. The van der Waals surface area contributed by atoms with Crippen LogP contribution in [-0.2, 0) is 0 Å². The molecule has 0 aliphatic carbocycles. The number of hydrogen-bond donors (Lipinski definition) is 1. The number of rotatable bonds is 4. The van der Waals surface area contributed by atoms with E-state index in [-0.39, 0.29) is 11.3 Å². The summed E-state index contributed by atoms with van der Waals surface area (Å²) in [6.07, 6.45) is 0. The molecule has 2 aromatic rings. The molecule has 20 heavy (non-hydrogen) atoms. The maximum Gasteiger partial charge on any atom is 0.328 e. The lowest BCUT2D eigenvalue weighted by Crippen LogP contribution is -2.05. The molecule has 1 aromatic carbocycles. The van der Waals surface area contributed by atoms with Gasteiger partial charge in [-0.25, -0.2) is 0 Å². The van der Waals surface area contributed by atoms with Gasteiger partial charge in [-0.05, 0) is 55.6 Å². The Morgan fingerprint density at radius 2 is 1.75 bits per heavy atom. The maximum atomic E-state index is 6.12.